The highest BCUT2D eigenvalue weighted by Crippen LogP contribution is 2.47. The highest BCUT2D eigenvalue weighted by molar-refractivity contribution is 6.28. The van der Waals surface area contributed by atoms with Crippen molar-refractivity contribution in [3.8, 4) is 22.6 Å². The summed E-state index contributed by atoms with van der Waals surface area (Å²) in [6.07, 6.45) is 6.36. The molecule has 0 radical (unpaired) electrons. The Morgan fingerprint density at radius 1 is 0.686 bits per heavy atom. The zero-order valence-electron chi connectivity index (χ0n) is 19.9. The van der Waals surface area contributed by atoms with E-state index >= 15 is 0 Å². The van der Waals surface area contributed by atoms with E-state index in [4.69, 9.17) is 0 Å². The summed E-state index contributed by atoms with van der Waals surface area (Å²) in [6, 6.07) is 17.8. The van der Waals surface area contributed by atoms with Gasteiger partial charge in [-0.3, -0.25) is 14.5 Å². The maximum atomic E-state index is 13.4. The molecule has 0 aromatic heterocycles. The van der Waals surface area contributed by atoms with E-state index in [9.17, 15) is 19.8 Å². The lowest BCUT2D eigenvalue weighted by atomic mass is 9.86. The molecule has 1 aliphatic rings. The molecular weight excluding hydrogens is 438 g/mol. The van der Waals surface area contributed by atoms with Crippen LogP contribution in [0.25, 0.3) is 32.7 Å². The molecule has 0 fully saturated rings. The molecule has 4 aromatic rings. The number of amides is 2. The van der Waals surface area contributed by atoms with E-state index in [2.05, 4.69) is 6.92 Å². The van der Waals surface area contributed by atoms with Crippen LogP contribution in [0.15, 0.2) is 60.7 Å². The number of phenols is 2. The minimum Gasteiger partial charge on any atom is -0.507 e. The predicted octanol–water partition coefficient (Wildman–Crippen LogP) is 7.03. The number of hydrogen-bond acceptors (Lipinski definition) is 4. The van der Waals surface area contributed by atoms with Gasteiger partial charge < -0.3 is 10.2 Å². The third-order valence-corrected chi connectivity index (χ3v) is 6.98. The highest BCUT2D eigenvalue weighted by Gasteiger charge is 2.34. The summed E-state index contributed by atoms with van der Waals surface area (Å²) in [6.45, 7) is 2.54. The Kier molecular flexibility index (Phi) is 6.16. The van der Waals surface area contributed by atoms with Crippen LogP contribution in [-0.4, -0.2) is 33.5 Å². The molecule has 0 unspecified atom stereocenters. The van der Waals surface area contributed by atoms with Crippen molar-refractivity contribution in [2.45, 2.75) is 45.4 Å². The average molecular weight is 468 g/mol. The number of unbranched alkanes of at least 4 members (excludes halogenated alkanes) is 5. The zero-order valence-corrected chi connectivity index (χ0v) is 19.9. The Labute approximate surface area is 204 Å². The molecule has 4 aromatic carbocycles. The summed E-state index contributed by atoms with van der Waals surface area (Å²) in [5.41, 5.74) is 1.68. The van der Waals surface area contributed by atoms with Crippen LogP contribution in [0.4, 0.5) is 0 Å². The lowest BCUT2D eigenvalue weighted by molar-refractivity contribution is 0.0607. The molecule has 0 bridgehead atoms. The molecule has 1 aliphatic heterocycles. The Bertz CT molecular complexity index is 1460. The van der Waals surface area contributed by atoms with Crippen molar-refractivity contribution >= 4 is 33.4 Å². The fourth-order valence-electron chi connectivity index (χ4n) is 5.24. The molecule has 0 spiro atoms. The van der Waals surface area contributed by atoms with Crippen LogP contribution in [0.2, 0.25) is 0 Å². The molecule has 5 nitrogen and oxygen atoms in total. The van der Waals surface area contributed by atoms with Crippen LogP contribution in [0.3, 0.4) is 0 Å². The smallest absolute Gasteiger partial charge is 0.261 e. The number of rotatable bonds is 8. The number of carbonyl (C=O) groups excluding carboxylic acids is 2. The minimum atomic E-state index is -0.378. The number of benzene rings is 4. The van der Waals surface area contributed by atoms with Crippen molar-refractivity contribution in [1.82, 2.24) is 4.90 Å². The number of imide groups is 1. The topological polar surface area (TPSA) is 77.8 Å². The number of carbonyl (C=O) groups is 2. The standard InChI is InChI=1S/C30H29NO4/c1-2-3-4-5-6-9-17-31-29(34)22-14-10-13-21-26(22)23(30(31)35)18-25(33)28(21)27-20-12-8-7-11-19(20)15-16-24(27)32/h7-8,10-16,18,32-33H,2-6,9,17H2,1H3. The zero-order chi connectivity index (χ0) is 24.5. The second-order valence-corrected chi connectivity index (χ2v) is 9.26. The maximum Gasteiger partial charge on any atom is 0.261 e. The molecule has 2 amide bonds. The maximum absolute atomic E-state index is 13.4. The van der Waals surface area contributed by atoms with E-state index in [1.54, 1.807) is 24.3 Å². The number of fused-ring (bicyclic) bond motifs is 1. The molecule has 35 heavy (non-hydrogen) atoms. The first-order chi connectivity index (χ1) is 17.0. The Morgan fingerprint density at radius 2 is 1.37 bits per heavy atom. The summed E-state index contributed by atoms with van der Waals surface area (Å²) in [4.78, 5) is 28.1. The van der Waals surface area contributed by atoms with Crippen molar-refractivity contribution in [2.24, 2.45) is 0 Å². The fraction of sp³-hybridized carbons (Fsp3) is 0.267. The van der Waals surface area contributed by atoms with E-state index < -0.39 is 0 Å². The van der Waals surface area contributed by atoms with Crippen LogP contribution in [-0.2, 0) is 0 Å². The fourth-order valence-corrected chi connectivity index (χ4v) is 5.24. The molecule has 0 aliphatic carbocycles. The van der Waals surface area contributed by atoms with Crippen molar-refractivity contribution in [3.05, 3.63) is 71.8 Å². The first kappa shape index (κ1) is 22.9. The molecular formula is C30H29NO4. The van der Waals surface area contributed by atoms with Crippen molar-refractivity contribution in [2.75, 3.05) is 6.54 Å². The largest absolute Gasteiger partial charge is 0.507 e. The average Bonchev–Trinajstić information content (AvgIpc) is 2.87. The normalized spacial score (nSPS) is 13.2. The van der Waals surface area contributed by atoms with Crippen molar-refractivity contribution in [1.29, 1.82) is 0 Å². The van der Waals surface area contributed by atoms with E-state index in [1.165, 1.54) is 23.8 Å². The van der Waals surface area contributed by atoms with Crippen LogP contribution < -0.4 is 0 Å². The first-order valence-electron chi connectivity index (χ1n) is 12.4. The van der Waals surface area contributed by atoms with Crippen LogP contribution in [0.1, 0.15) is 66.2 Å². The third-order valence-electron chi connectivity index (χ3n) is 6.98. The molecule has 2 N–H and O–H groups in total. The van der Waals surface area contributed by atoms with Gasteiger partial charge in [0.05, 0.1) is 5.56 Å². The van der Waals surface area contributed by atoms with Gasteiger partial charge in [-0.25, -0.2) is 0 Å². The van der Waals surface area contributed by atoms with Gasteiger partial charge in [0.25, 0.3) is 11.8 Å². The molecule has 178 valence electrons. The molecule has 0 atom stereocenters. The van der Waals surface area contributed by atoms with Gasteiger partial charge in [-0.15, -0.1) is 0 Å². The summed E-state index contributed by atoms with van der Waals surface area (Å²) in [7, 11) is 0. The second-order valence-electron chi connectivity index (χ2n) is 9.26. The van der Waals surface area contributed by atoms with Crippen LogP contribution in [0, 0.1) is 0 Å². The Balaban J connectivity index is 1.60. The summed E-state index contributed by atoms with van der Waals surface area (Å²) >= 11 is 0. The van der Waals surface area contributed by atoms with Gasteiger partial charge in [-0.1, -0.05) is 81.5 Å². The van der Waals surface area contributed by atoms with Crippen molar-refractivity contribution in [3.63, 3.8) is 0 Å². The van der Waals surface area contributed by atoms with Gasteiger partial charge in [-0.05, 0) is 40.8 Å². The molecule has 0 saturated heterocycles. The van der Waals surface area contributed by atoms with Crippen molar-refractivity contribution < 1.29 is 19.8 Å². The number of hydrogen-bond donors (Lipinski definition) is 2. The lowest BCUT2D eigenvalue weighted by Gasteiger charge is -2.28. The molecule has 5 rings (SSSR count). The summed E-state index contributed by atoms with van der Waals surface area (Å²) in [5.74, 6) is -0.756. The molecule has 0 saturated carbocycles. The van der Waals surface area contributed by atoms with E-state index in [-0.39, 0.29) is 23.3 Å². The van der Waals surface area contributed by atoms with Gasteiger partial charge in [0.1, 0.15) is 11.5 Å². The van der Waals surface area contributed by atoms with Crippen LogP contribution in [0.5, 0.6) is 11.5 Å². The number of phenolic OH excluding ortho intramolecular Hbond substituents is 2. The SMILES string of the molecule is CCCCCCCCN1C(=O)c2cccc3c(-c4c(O)ccc5ccccc45)c(O)cc(c23)C1=O. The predicted molar refractivity (Wildman–Crippen MR) is 139 cm³/mol. The molecule has 1 heterocycles. The minimum absolute atomic E-state index is 0.0258. The quantitative estimate of drug-likeness (QED) is 0.215. The third kappa shape index (κ3) is 3.91. The Hall–Kier alpha value is -3.86. The van der Waals surface area contributed by atoms with Gasteiger partial charge in [-0.2, -0.15) is 0 Å². The molecule has 5 heteroatoms. The second kappa shape index (κ2) is 9.41. The number of nitrogens with zero attached hydrogens (tertiary/aromatic N) is 1. The van der Waals surface area contributed by atoms with E-state index in [0.717, 1.165) is 36.5 Å². The first-order valence-corrected chi connectivity index (χ1v) is 12.4. The summed E-state index contributed by atoms with van der Waals surface area (Å²) in [5, 5.41) is 24.8. The van der Waals surface area contributed by atoms with Gasteiger partial charge >= 0.3 is 0 Å². The van der Waals surface area contributed by atoms with Crippen LogP contribution >= 0.6 is 0 Å². The van der Waals surface area contributed by atoms with E-state index in [1.807, 2.05) is 30.3 Å². The van der Waals surface area contributed by atoms with Gasteiger partial charge in [0.2, 0.25) is 0 Å². The highest BCUT2D eigenvalue weighted by atomic mass is 16.3. The summed E-state index contributed by atoms with van der Waals surface area (Å²) < 4.78 is 0. The lowest BCUT2D eigenvalue weighted by Crippen LogP contribution is -2.40. The monoisotopic (exact) mass is 467 g/mol. The number of aromatic hydroxyl groups is 2. The Morgan fingerprint density at radius 3 is 2.20 bits per heavy atom. The van der Waals surface area contributed by atoms with E-state index in [0.29, 0.717) is 39.6 Å². The van der Waals surface area contributed by atoms with Gasteiger partial charge in [0, 0.05) is 28.6 Å². The van der Waals surface area contributed by atoms with Gasteiger partial charge in [0.15, 0.2) is 0 Å².